The molecule has 1 aliphatic rings. The van der Waals surface area contributed by atoms with E-state index in [9.17, 15) is 8.42 Å². The van der Waals surface area contributed by atoms with Crippen LogP contribution in [0.2, 0.25) is 0 Å². The summed E-state index contributed by atoms with van der Waals surface area (Å²) in [6.07, 6.45) is -0.126. The Morgan fingerprint density at radius 2 is 1.86 bits per heavy atom. The quantitative estimate of drug-likeness (QED) is 0.537. The van der Waals surface area contributed by atoms with Gasteiger partial charge in [0.2, 0.25) is 10.0 Å². The molecule has 1 aliphatic heterocycles. The molecule has 0 aromatic rings. The molecule has 0 bridgehead atoms. The Morgan fingerprint density at radius 3 is 2.36 bits per heavy atom. The van der Waals surface area contributed by atoms with E-state index in [2.05, 4.69) is 29.5 Å². The Morgan fingerprint density at radius 1 is 1.27 bits per heavy atom. The summed E-state index contributed by atoms with van der Waals surface area (Å²) in [5.74, 6) is 1.18. The second-order valence-electron chi connectivity index (χ2n) is 6.16. The molecule has 22 heavy (non-hydrogen) atoms. The lowest BCUT2D eigenvalue weighted by atomic mass is 10.2. The molecule has 2 N–H and O–H groups in total. The number of nitrogens with zero attached hydrogens (tertiary/aromatic N) is 2. The highest BCUT2D eigenvalue weighted by molar-refractivity contribution is 7.89. The fraction of sp³-hybridized carbons (Fsp3) is 0.929. The van der Waals surface area contributed by atoms with E-state index < -0.39 is 10.0 Å². The Hall–Kier alpha value is -0.860. The maximum Gasteiger partial charge on any atom is 0.216 e. The van der Waals surface area contributed by atoms with Gasteiger partial charge in [0, 0.05) is 33.2 Å². The number of rotatable bonds is 6. The number of hydrogen-bond donors (Lipinski definition) is 2. The lowest BCUT2D eigenvalue weighted by Gasteiger charge is -2.34. The molecule has 0 amide bonds. The SMILES string of the molecule is CN=C(NCCS(=O)(=O)N1CC(C)OC(C)C1)NCC(C)C. The van der Waals surface area contributed by atoms with Gasteiger partial charge in [0.05, 0.1) is 18.0 Å². The monoisotopic (exact) mass is 334 g/mol. The molecule has 1 rings (SSSR count). The van der Waals surface area contributed by atoms with Crippen molar-refractivity contribution >= 4 is 16.0 Å². The van der Waals surface area contributed by atoms with Crippen molar-refractivity contribution in [1.82, 2.24) is 14.9 Å². The summed E-state index contributed by atoms with van der Waals surface area (Å²) in [4.78, 5) is 4.08. The first-order chi connectivity index (χ1) is 10.2. The minimum absolute atomic E-state index is 0.0504. The van der Waals surface area contributed by atoms with E-state index in [4.69, 9.17) is 4.74 Å². The molecule has 0 saturated carbocycles. The van der Waals surface area contributed by atoms with Gasteiger partial charge in [0.25, 0.3) is 0 Å². The van der Waals surface area contributed by atoms with Gasteiger partial charge in [-0.1, -0.05) is 13.8 Å². The largest absolute Gasteiger partial charge is 0.373 e. The van der Waals surface area contributed by atoms with Gasteiger partial charge in [-0.15, -0.1) is 0 Å². The van der Waals surface area contributed by atoms with Gasteiger partial charge in [-0.2, -0.15) is 4.31 Å². The van der Waals surface area contributed by atoms with Gasteiger partial charge >= 0.3 is 0 Å². The molecular formula is C14H30N4O3S. The van der Waals surface area contributed by atoms with Crippen LogP contribution < -0.4 is 10.6 Å². The van der Waals surface area contributed by atoms with E-state index in [0.717, 1.165) is 6.54 Å². The number of hydrogen-bond acceptors (Lipinski definition) is 4. The minimum Gasteiger partial charge on any atom is -0.373 e. The zero-order valence-corrected chi connectivity index (χ0v) is 15.1. The lowest BCUT2D eigenvalue weighted by molar-refractivity contribution is -0.0440. The highest BCUT2D eigenvalue weighted by Gasteiger charge is 2.30. The average Bonchev–Trinajstić information content (AvgIpc) is 2.41. The Balaban J connectivity index is 2.45. The third kappa shape index (κ3) is 6.50. The fourth-order valence-corrected chi connectivity index (χ4v) is 3.80. The zero-order valence-electron chi connectivity index (χ0n) is 14.3. The van der Waals surface area contributed by atoms with Crippen molar-refractivity contribution < 1.29 is 13.2 Å². The fourth-order valence-electron chi connectivity index (χ4n) is 2.31. The molecule has 7 nitrogen and oxygen atoms in total. The highest BCUT2D eigenvalue weighted by Crippen LogP contribution is 2.14. The van der Waals surface area contributed by atoms with Crippen LogP contribution in [0.1, 0.15) is 27.7 Å². The maximum absolute atomic E-state index is 12.4. The predicted molar refractivity (Wildman–Crippen MR) is 89.6 cm³/mol. The Kier molecular flexibility index (Phi) is 7.58. The summed E-state index contributed by atoms with van der Waals surface area (Å²) in [5.41, 5.74) is 0. The summed E-state index contributed by atoms with van der Waals surface area (Å²) in [7, 11) is -1.60. The van der Waals surface area contributed by atoms with Crippen LogP contribution in [-0.2, 0) is 14.8 Å². The van der Waals surface area contributed by atoms with Gasteiger partial charge < -0.3 is 15.4 Å². The molecule has 0 aromatic heterocycles. The van der Waals surface area contributed by atoms with Crippen molar-refractivity contribution in [3.05, 3.63) is 0 Å². The van der Waals surface area contributed by atoms with E-state index in [1.807, 2.05) is 13.8 Å². The molecule has 1 heterocycles. The molecule has 0 radical (unpaired) electrons. The lowest BCUT2D eigenvalue weighted by Crippen LogP contribution is -2.50. The standard InChI is InChI=1S/C14H30N4O3S/c1-11(2)8-17-14(15-5)16-6-7-22(19,20)18-9-12(3)21-13(4)10-18/h11-13H,6-10H2,1-5H3,(H2,15,16,17). The van der Waals surface area contributed by atoms with Crippen molar-refractivity contribution in [2.75, 3.05) is 39.0 Å². The van der Waals surface area contributed by atoms with E-state index in [-0.39, 0.29) is 18.0 Å². The molecule has 8 heteroatoms. The average molecular weight is 334 g/mol. The van der Waals surface area contributed by atoms with Crippen molar-refractivity contribution in [1.29, 1.82) is 0 Å². The molecule has 1 saturated heterocycles. The van der Waals surface area contributed by atoms with Gasteiger partial charge in [-0.25, -0.2) is 8.42 Å². The highest BCUT2D eigenvalue weighted by atomic mass is 32.2. The van der Waals surface area contributed by atoms with E-state index >= 15 is 0 Å². The van der Waals surface area contributed by atoms with Crippen molar-refractivity contribution in [3.8, 4) is 0 Å². The first-order valence-electron chi connectivity index (χ1n) is 7.82. The van der Waals surface area contributed by atoms with E-state index in [1.54, 1.807) is 7.05 Å². The van der Waals surface area contributed by atoms with Crippen molar-refractivity contribution in [2.24, 2.45) is 10.9 Å². The van der Waals surface area contributed by atoms with Gasteiger partial charge in [0.15, 0.2) is 5.96 Å². The predicted octanol–water partition coefficient (Wildman–Crippen LogP) is 0.246. The first-order valence-corrected chi connectivity index (χ1v) is 9.43. The minimum atomic E-state index is -3.28. The Bertz CT molecular complexity index is 455. The van der Waals surface area contributed by atoms with Crippen LogP contribution in [0.25, 0.3) is 0 Å². The summed E-state index contributed by atoms with van der Waals surface area (Å²) in [6, 6.07) is 0. The number of ether oxygens (including phenoxy) is 1. The van der Waals surface area contributed by atoms with Crippen LogP contribution in [-0.4, -0.2) is 69.9 Å². The molecule has 2 atom stereocenters. The van der Waals surface area contributed by atoms with Crippen LogP contribution in [0.4, 0.5) is 0 Å². The summed E-state index contributed by atoms with van der Waals surface area (Å²) >= 11 is 0. The van der Waals surface area contributed by atoms with E-state index in [1.165, 1.54) is 4.31 Å². The Labute approximate surface area is 134 Å². The smallest absolute Gasteiger partial charge is 0.216 e. The summed E-state index contributed by atoms with van der Waals surface area (Å²) in [5, 5.41) is 6.20. The van der Waals surface area contributed by atoms with Crippen LogP contribution in [0.5, 0.6) is 0 Å². The topological polar surface area (TPSA) is 83.0 Å². The molecule has 0 spiro atoms. The molecule has 2 unspecified atom stereocenters. The van der Waals surface area contributed by atoms with Crippen LogP contribution in [0, 0.1) is 5.92 Å². The maximum atomic E-state index is 12.4. The van der Waals surface area contributed by atoms with Crippen LogP contribution in [0.3, 0.4) is 0 Å². The zero-order chi connectivity index (χ0) is 16.8. The second-order valence-corrected chi connectivity index (χ2v) is 8.25. The number of nitrogens with one attached hydrogen (secondary N) is 2. The molecular weight excluding hydrogens is 304 g/mol. The molecule has 1 fully saturated rings. The van der Waals surface area contributed by atoms with Gasteiger partial charge in [0.1, 0.15) is 0 Å². The number of aliphatic imine (C=N–C) groups is 1. The van der Waals surface area contributed by atoms with E-state index in [0.29, 0.717) is 31.5 Å². The second kappa shape index (κ2) is 8.69. The first kappa shape index (κ1) is 19.2. The molecule has 130 valence electrons. The summed E-state index contributed by atoms with van der Waals surface area (Å²) in [6.45, 7) is 9.98. The number of guanidine groups is 1. The molecule has 0 aliphatic carbocycles. The number of morpholine rings is 1. The third-order valence-electron chi connectivity index (χ3n) is 3.33. The van der Waals surface area contributed by atoms with Gasteiger partial charge in [-0.3, -0.25) is 4.99 Å². The van der Waals surface area contributed by atoms with Crippen LogP contribution in [0.15, 0.2) is 4.99 Å². The van der Waals surface area contributed by atoms with Gasteiger partial charge in [-0.05, 0) is 19.8 Å². The van der Waals surface area contributed by atoms with Crippen molar-refractivity contribution in [3.63, 3.8) is 0 Å². The summed E-state index contributed by atoms with van der Waals surface area (Å²) < 4.78 is 31.9. The number of sulfonamides is 1. The van der Waals surface area contributed by atoms with Crippen LogP contribution >= 0.6 is 0 Å². The molecule has 0 aromatic carbocycles. The third-order valence-corrected chi connectivity index (χ3v) is 5.14. The van der Waals surface area contributed by atoms with Crippen molar-refractivity contribution in [2.45, 2.75) is 39.9 Å². The normalized spacial score (nSPS) is 24.5.